The van der Waals surface area contributed by atoms with Gasteiger partial charge >= 0.3 is 11.4 Å². The summed E-state index contributed by atoms with van der Waals surface area (Å²) in [6, 6.07) is 0. The SMILES string of the molecule is C=C1CCCCCC/C=C\1n1[nH]c(=O)n(C)c1=O. The monoisotopic (exact) mass is 249 g/mol. The molecule has 5 nitrogen and oxygen atoms in total. The Morgan fingerprint density at radius 3 is 2.61 bits per heavy atom. The van der Waals surface area contributed by atoms with Gasteiger partial charge in [-0.1, -0.05) is 25.5 Å². The zero-order chi connectivity index (χ0) is 13.1. The van der Waals surface area contributed by atoms with Crippen LogP contribution in [-0.4, -0.2) is 14.3 Å². The number of hydrogen-bond acceptors (Lipinski definition) is 2. The van der Waals surface area contributed by atoms with Crippen molar-refractivity contribution in [2.45, 2.75) is 38.5 Å². The highest BCUT2D eigenvalue weighted by molar-refractivity contribution is 5.62. The van der Waals surface area contributed by atoms with Crippen molar-refractivity contribution in [3.63, 3.8) is 0 Å². The molecule has 18 heavy (non-hydrogen) atoms. The zero-order valence-corrected chi connectivity index (χ0v) is 10.7. The molecule has 0 aliphatic heterocycles. The topological polar surface area (TPSA) is 59.8 Å². The molecule has 0 unspecified atom stereocenters. The third kappa shape index (κ3) is 2.39. The number of aromatic nitrogens is 3. The molecule has 1 aromatic heterocycles. The quantitative estimate of drug-likeness (QED) is 0.822. The van der Waals surface area contributed by atoms with Gasteiger partial charge in [0.2, 0.25) is 0 Å². The van der Waals surface area contributed by atoms with E-state index >= 15 is 0 Å². The van der Waals surface area contributed by atoms with Crippen LogP contribution in [0.4, 0.5) is 0 Å². The van der Waals surface area contributed by atoms with Crippen molar-refractivity contribution in [2.24, 2.45) is 7.05 Å². The number of H-pyrrole nitrogens is 1. The first-order valence-electron chi connectivity index (χ1n) is 6.38. The summed E-state index contributed by atoms with van der Waals surface area (Å²) < 4.78 is 2.39. The van der Waals surface area contributed by atoms with Crippen LogP contribution in [0, 0.1) is 0 Å². The highest BCUT2D eigenvalue weighted by atomic mass is 16.2. The fourth-order valence-corrected chi connectivity index (χ4v) is 2.22. The van der Waals surface area contributed by atoms with Crippen LogP contribution < -0.4 is 11.4 Å². The van der Waals surface area contributed by atoms with E-state index in [1.54, 1.807) is 0 Å². The fourth-order valence-electron chi connectivity index (χ4n) is 2.22. The lowest BCUT2D eigenvalue weighted by atomic mass is 10.1. The van der Waals surface area contributed by atoms with Crippen molar-refractivity contribution in [3.8, 4) is 0 Å². The lowest BCUT2D eigenvalue weighted by molar-refractivity contribution is 0.654. The van der Waals surface area contributed by atoms with E-state index in [1.165, 1.54) is 24.6 Å². The van der Waals surface area contributed by atoms with Gasteiger partial charge in [-0.25, -0.2) is 23.9 Å². The van der Waals surface area contributed by atoms with Gasteiger partial charge < -0.3 is 0 Å². The molecule has 5 heteroatoms. The zero-order valence-electron chi connectivity index (χ0n) is 10.7. The minimum absolute atomic E-state index is 0.341. The molecule has 1 aliphatic rings. The third-order valence-electron chi connectivity index (χ3n) is 3.36. The van der Waals surface area contributed by atoms with Crippen molar-refractivity contribution in [3.05, 3.63) is 39.2 Å². The van der Waals surface area contributed by atoms with Crippen LogP contribution in [0.2, 0.25) is 0 Å². The molecule has 0 bridgehead atoms. The summed E-state index contributed by atoms with van der Waals surface area (Å²) in [5.74, 6) is 0. The van der Waals surface area contributed by atoms with Crippen molar-refractivity contribution in [1.82, 2.24) is 14.3 Å². The molecule has 98 valence electrons. The molecule has 0 fully saturated rings. The minimum Gasteiger partial charge on any atom is -0.246 e. The van der Waals surface area contributed by atoms with Crippen LogP contribution in [0.25, 0.3) is 5.70 Å². The Labute approximate surface area is 105 Å². The summed E-state index contributed by atoms with van der Waals surface area (Å²) >= 11 is 0. The second-order valence-electron chi connectivity index (χ2n) is 4.74. The van der Waals surface area contributed by atoms with Crippen molar-refractivity contribution in [1.29, 1.82) is 0 Å². The van der Waals surface area contributed by atoms with Crippen LogP contribution in [-0.2, 0) is 7.05 Å². The molecule has 1 heterocycles. The number of nitrogens with one attached hydrogen (secondary N) is 1. The summed E-state index contributed by atoms with van der Waals surface area (Å²) in [6.45, 7) is 4.04. The maximum Gasteiger partial charge on any atom is 0.351 e. The summed E-state index contributed by atoms with van der Waals surface area (Å²) in [6.07, 6.45) is 8.39. The molecule has 0 spiro atoms. The predicted octanol–water partition coefficient (Wildman–Crippen LogP) is 1.63. The van der Waals surface area contributed by atoms with Crippen LogP contribution >= 0.6 is 0 Å². The van der Waals surface area contributed by atoms with Gasteiger partial charge in [-0.3, -0.25) is 0 Å². The predicted molar refractivity (Wildman–Crippen MR) is 71.4 cm³/mol. The first-order chi connectivity index (χ1) is 8.61. The number of aromatic amines is 1. The van der Waals surface area contributed by atoms with Gasteiger partial charge in [0.1, 0.15) is 0 Å². The van der Waals surface area contributed by atoms with Crippen LogP contribution in [0.5, 0.6) is 0 Å². The molecule has 1 aliphatic carbocycles. The average molecular weight is 249 g/mol. The molecule has 1 N–H and O–H groups in total. The number of rotatable bonds is 1. The lowest BCUT2D eigenvalue weighted by Gasteiger charge is -2.09. The van der Waals surface area contributed by atoms with Crippen molar-refractivity contribution >= 4 is 5.70 Å². The smallest absolute Gasteiger partial charge is 0.246 e. The Balaban J connectivity index is 2.44. The molecule has 0 atom stereocenters. The van der Waals surface area contributed by atoms with E-state index in [0.717, 1.165) is 41.5 Å². The molecule has 0 amide bonds. The molecule has 0 radical (unpaired) electrons. The molecular weight excluding hydrogens is 230 g/mol. The van der Waals surface area contributed by atoms with Gasteiger partial charge in [0, 0.05) is 7.05 Å². The fraction of sp³-hybridized carbons (Fsp3) is 0.538. The summed E-state index contributed by atoms with van der Waals surface area (Å²) in [7, 11) is 1.47. The summed E-state index contributed by atoms with van der Waals surface area (Å²) in [5, 5.41) is 2.56. The Hall–Kier alpha value is -1.78. The van der Waals surface area contributed by atoms with Gasteiger partial charge in [-0.05, 0) is 31.3 Å². The Bertz CT molecular complexity index is 586. The maximum absolute atomic E-state index is 11.9. The maximum atomic E-state index is 11.9. The van der Waals surface area contributed by atoms with Gasteiger partial charge in [0.25, 0.3) is 0 Å². The van der Waals surface area contributed by atoms with E-state index in [0.29, 0.717) is 0 Å². The molecule has 0 saturated heterocycles. The van der Waals surface area contributed by atoms with E-state index in [4.69, 9.17) is 0 Å². The average Bonchev–Trinajstić information content (AvgIpc) is 2.65. The second kappa shape index (κ2) is 5.25. The van der Waals surface area contributed by atoms with Crippen molar-refractivity contribution in [2.75, 3.05) is 0 Å². The second-order valence-corrected chi connectivity index (χ2v) is 4.74. The highest BCUT2D eigenvalue weighted by Crippen LogP contribution is 2.22. The molecule has 1 aromatic rings. The number of allylic oxidation sites excluding steroid dienone is 3. The summed E-state index contributed by atoms with van der Waals surface area (Å²) in [5.41, 5.74) is 0.931. The third-order valence-corrected chi connectivity index (χ3v) is 3.36. The summed E-state index contributed by atoms with van der Waals surface area (Å²) in [4.78, 5) is 23.4. The molecule has 0 aromatic carbocycles. The van der Waals surface area contributed by atoms with E-state index in [1.807, 2.05) is 6.08 Å². The largest absolute Gasteiger partial charge is 0.351 e. The van der Waals surface area contributed by atoms with E-state index in [2.05, 4.69) is 11.7 Å². The van der Waals surface area contributed by atoms with Gasteiger partial charge in [-0.2, -0.15) is 0 Å². The lowest BCUT2D eigenvalue weighted by Crippen LogP contribution is -2.25. The highest BCUT2D eigenvalue weighted by Gasteiger charge is 2.13. The van der Waals surface area contributed by atoms with Gasteiger partial charge in [0.05, 0.1) is 5.70 Å². The molecule has 0 saturated carbocycles. The standard InChI is InChI=1S/C13H19N3O2/c1-10-8-6-4-3-5-7-9-11(10)16-13(18)15(2)12(17)14-16/h9H,1,3-8H2,2H3,(H,14,17)/b11-9+. The number of hydrogen-bond donors (Lipinski definition) is 1. The van der Waals surface area contributed by atoms with E-state index in [9.17, 15) is 9.59 Å². The molecular formula is C13H19N3O2. The first-order valence-corrected chi connectivity index (χ1v) is 6.38. The Morgan fingerprint density at radius 2 is 1.94 bits per heavy atom. The van der Waals surface area contributed by atoms with Gasteiger partial charge in [-0.15, -0.1) is 0 Å². The van der Waals surface area contributed by atoms with E-state index < -0.39 is 5.69 Å². The molecule has 2 rings (SSSR count). The Kier molecular flexibility index (Phi) is 3.69. The van der Waals surface area contributed by atoms with Gasteiger partial charge in [0.15, 0.2) is 0 Å². The van der Waals surface area contributed by atoms with Crippen molar-refractivity contribution < 1.29 is 0 Å². The normalized spacial score (nSPS) is 20.7. The van der Waals surface area contributed by atoms with Crippen LogP contribution in [0.3, 0.4) is 0 Å². The Morgan fingerprint density at radius 1 is 1.22 bits per heavy atom. The first kappa shape index (κ1) is 12.7. The number of nitrogens with zero attached hydrogens (tertiary/aromatic N) is 2. The van der Waals surface area contributed by atoms with E-state index in [-0.39, 0.29) is 5.69 Å². The van der Waals surface area contributed by atoms with Crippen LogP contribution in [0.15, 0.2) is 27.8 Å². The minimum atomic E-state index is -0.395. The van der Waals surface area contributed by atoms with Crippen LogP contribution in [0.1, 0.15) is 38.5 Å².